The molecule has 1 fully saturated rings. The molecule has 0 aliphatic carbocycles. The molecule has 7 nitrogen and oxygen atoms in total. The average Bonchev–Trinajstić information content (AvgIpc) is 3.32. The Kier molecular flexibility index (Phi) is 5.47. The van der Waals surface area contributed by atoms with Gasteiger partial charge >= 0.3 is 0 Å². The maximum absolute atomic E-state index is 12.4. The number of benzene rings is 2. The molecule has 28 heavy (non-hydrogen) atoms. The second-order valence-corrected chi connectivity index (χ2v) is 7.30. The van der Waals surface area contributed by atoms with E-state index in [-0.39, 0.29) is 24.3 Å². The number of hydrogen-bond donors (Lipinski definition) is 4. The number of imidazole rings is 1. The first kappa shape index (κ1) is 18.7. The second kappa shape index (κ2) is 8.18. The van der Waals surface area contributed by atoms with Crippen LogP contribution >= 0.6 is 11.6 Å². The predicted octanol–water partition coefficient (Wildman–Crippen LogP) is 2.35. The van der Waals surface area contributed by atoms with E-state index in [1.54, 1.807) is 19.2 Å². The van der Waals surface area contributed by atoms with E-state index in [1.807, 2.05) is 30.3 Å². The van der Waals surface area contributed by atoms with E-state index in [2.05, 4.69) is 26.1 Å². The highest BCUT2D eigenvalue weighted by atomic mass is 35.5. The van der Waals surface area contributed by atoms with Crippen molar-refractivity contribution in [2.45, 2.75) is 12.5 Å². The molecule has 1 saturated heterocycles. The maximum Gasteiger partial charge on any atom is 0.227 e. The number of nitrogens with zero attached hydrogens (tertiary/aromatic N) is 1. The number of nitrogens with one attached hydrogen (secondary N) is 4. The largest absolute Gasteiger partial charge is 0.497 e. The fourth-order valence-corrected chi connectivity index (χ4v) is 3.64. The molecule has 1 aliphatic heterocycles. The normalized spacial score (nSPS) is 19.1. The monoisotopic (exact) mass is 399 g/mol. The van der Waals surface area contributed by atoms with Gasteiger partial charge in [0.1, 0.15) is 11.6 Å². The third kappa shape index (κ3) is 4.11. The lowest BCUT2D eigenvalue weighted by Crippen LogP contribution is -2.33. The standard InChI is InChI=1S/C20H22ClN5O2/c1-28-15-5-2-12(3-6-15)20-13(11-23-26-20)10-22-19(27)9-18-24-16-7-4-14(21)8-17(16)25-18/h2-8,13,20,23,26H,9-11H2,1H3,(H,22,27)(H,24,25). The molecule has 0 spiro atoms. The van der Waals surface area contributed by atoms with Crippen molar-refractivity contribution in [3.63, 3.8) is 0 Å². The molecule has 0 radical (unpaired) electrons. The average molecular weight is 400 g/mol. The summed E-state index contributed by atoms with van der Waals surface area (Å²) in [5.41, 5.74) is 9.25. The minimum absolute atomic E-state index is 0.0643. The quantitative estimate of drug-likeness (QED) is 0.510. The highest BCUT2D eigenvalue weighted by Gasteiger charge is 2.28. The van der Waals surface area contributed by atoms with Crippen LogP contribution in [0.5, 0.6) is 5.75 Å². The summed E-state index contributed by atoms with van der Waals surface area (Å²) in [7, 11) is 1.65. The van der Waals surface area contributed by atoms with Crippen LogP contribution in [-0.2, 0) is 11.2 Å². The lowest BCUT2D eigenvalue weighted by molar-refractivity contribution is -0.120. The molecule has 2 aromatic carbocycles. The van der Waals surface area contributed by atoms with Gasteiger partial charge in [-0.15, -0.1) is 0 Å². The molecule has 0 saturated carbocycles. The fourth-order valence-electron chi connectivity index (χ4n) is 3.47. The lowest BCUT2D eigenvalue weighted by atomic mass is 9.95. The van der Waals surface area contributed by atoms with Gasteiger partial charge in [-0.25, -0.2) is 10.4 Å². The predicted molar refractivity (Wildman–Crippen MR) is 108 cm³/mol. The first-order valence-electron chi connectivity index (χ1n) is 9.15. The van der Waals surface area contributed by atoms with Gasteiger partial charge in [0.25, 0.3) is 0 Å². The van der Waals surface area contributed by atoms with Crippen molar-refractivity contribution in [1.82, 2.24) is 26.1 Å². The SMILES string of the molecule is COc1ccc(C2NNCC2CNC(=O)Cc2nc3ccc(Cl)cc3[nH]2)cc1. The van der Waals surface area contributed by atoms with Crippen LogP contribution in [0.3, 0.4) is 0 Å². The van der Waals surface area contributed by atoms with Crippen molar-refractivity contribution in [1.29, 1.82) is 0 Å². The van der Waals surface area contributed by atoms with Crippen LogP contribution in [0.25, 0.3) is 11.0 Å². The molecule has 146 valence electrons. The van der Waals surface area contributed by atoms with Crippen molar-refractivity contribution in [2.75, 3.05) is 20.2 Å². The van der Waals surface area contributed by atoms with Crippen LogP contribution in [0.1, 0.15) is 17.4 Å². The number of rotatable bonds is 6. The van der Waals surface area contributed by atoms with E-state index >= 15 is 0 Å². The van der Waals surface area contributed by atoms with Gasteiger partial charge in [0, 0.05) is 24.0 Å². The highest BCUT2D eigenvalue weighted by Crippen LogP contribution is 2.26. The first-order chi connectivity index (χ1) is 13.6. The lowest BCUT2D eigenvalue weighted by Gasteiger charge is -2.19. The topological polar surface area (TPSA) is 91.1 Å². The number of aromatic amines is 1. The Morgan fingerprint density at radius 1 is 1.29 bits per heavy atom. The summed E-state index contributed by atoms with van der Waals surface area (Å²) >= 11 is 5.99. The molecule has 0 bridgehead atoms. The van der Waals surface area contributed by atoms with Gasteiger partial charge in [0.15, 0.2) is 0 Å². The summed E-state index contributed by atoms with van der Waals surface area (Å²) < 4.78 is 5.21. The highest BCUT2D eigenvalue weighted by molar-refractivity contribution is 6.31. The molecule has 2 atom stereocenters. The van der Waals surface area contributed by atoms with Crippen LogP contribution in [0.15, 0.2) is 42.5 Å². The number of ether oxygens (including phenoxy) is 1. The molecule has 1 aromatic heterocycles. The fraction of sp³-hybridized carbons (Fsp3) is 0.300. The zero-order valence-corrected chi connectivity index (χ0v) is 16.2. The van der Waals surface area contributed by atoms with Crippen LogP contribution < -0.4 is 20.9 Å². The molecular formula is C20H22ClN5O2. The Hall–Kier alpha value is -2.61. The van der Waals surface area contributed by atoms with Crippen LogP contribution in [0.4, 0.5) is 0 Å². The van der Waals surface area contributed by atoms with E-state index in [1.165, 1.54) is 0 Å². The van der Waals surface area contributed by atoms with E-state index in [4.69, 9.17) is 16.3 Å². The van der Waals surface area contributed by atoms with Crippen LogP contribution in [0.2, 0.25) is 5.02 Å². The van der Waals surface area contributed by atoms with Gasteiger partial charge in [-0.3, -0.25) is 10.2 Å². The Morgan fingerprint density at radius 2 is 2.11 bits per heavy atom. The van der Waals surface area contributed by atoms with E-state index in [0.717, 1.165) is 28.9 Å². The summed E-state index contributed by atoms with van der Waals surface area (Å²) in [5.74, 6) is 1.63. The molecule has 1 amide bonds. The maximum atomic E-state index is 12.4. The van der Waals surface area contributed by atoms with Crippen molar-refractivity contribution >= 4 is 28.5 Å². The zero-order chi connectivity index (χ0) is 19.5. The molecule has 2 heterocycles. The van der Waals surface area contributed by atoms with Crippen LogP contribution in [-0.4, -0.2) is 36.1 Å². The minimum atomic E-state index is -0.0643. The number of halogens is 1. The van der Waals surface area contributed by atoms with E-state index in [9.17, 15) is 4.79 Å². The van der Waals surface area contributed by atoms with Crippen LogP contribution in [0, 0.1) is 5.92 Å². The number of fused-ring (bicyclic) bond motifs is 1. The Balaban J connectivity index is 1.35. The van der Waals surface area contributed by atoms with Crippen molar-refractivity contribution in [3.05, 3.63) is 58.9 Å². The summed E-state index contributed by atoms with van der Waals surface area (Å²) in [6, 6.07) is 13.5. The molecule has 2 unspecified atom stereocenters. The summed E-state index contributed by atoms with van der Waals surface area (Å²) in [6.45, 7) is 1.35. The second-order valence-electron chi connectivity index (χ2n) is 6.86. The van der Waals surface area contributed by atoms with Crippen molar-refractivity contribution in [2.24, 2.45) is 5.92 Å². The number of methoxy groups -OCH3 is 1. The van der Waals surface area contributed by atoms with Gasteiger partial charge in [-0.2, -0.15) is 0 Å². The third-order valence-corrected chi connectivity index (χ3v) is 5.19. The summed E-state index contributed by atoms with van der Waals surface area (Å²) in [5, 5.41) is 3.66. The van der Waals surface area contributed by atoms with Gasteiger partial charge in [0.2, 0.25) is 5.91 Å². The Morgan fingerprint density at radius 3 is 2.89 bits per heavy atom. The number of aromatic nitrogens is 2. The molecule has 1 aliphatic rings. The first-order valence-corrected chi connectivity index (χ1v) is 9.53. The molecule has 3 aromatic rings. The number of hydrazine groups is 1. The zero-order valence-electron chi connectivity index (χ0n) is 15.5. The van der Waals surface area contributed by atoms with E-state index < -0.39 is 0 Å². The smallest absolute Gasteiger partial charge is 0.227 e. The van der Waals surface area contributed by atoms with Gasteiger partial charge < -0.3 is 15.0 Å². The van der Waals surface area contributed by atoms with Gasteiger partial charge in [-0.05, 0) is 35.9 Å². The van der Waals surface area contributed by atoms with Gasteiger partial charge in [0.05, 0.1) is 30.6 Å². The Bertz CT molecular complexity index is 972. The van der Waals surface area contributed by atoms with Crippen molar-refractivity contribution in [3.8, 4) is 5.75 Å². The number of carbonyl (C=O) groups excluding carboxylic acids is 1. The van der Waals surface area contributed by atoms with E-state index in [0.29, 0.717) is 17.4 Å². The number of carbonyl (C=O) groups is 1. The number of H-pyrrole nitrogens is 1. The number of hydrogen-bond acceptors (Lipinski definition) is 5. The third-order valence-electron chi connectivity index (χ3n) is 4.95. The molecule has 4 rings (SSSR count). The van der Waals surface area contributed by atoms with Crippen molar-refractivity contribution < 1.29 is 9.53 Å². The number of amides is 1. The Labute approximate surface area is 167 Å². The van der Waals surface area contributed by atoms with Gasteiger partial charge in [-0.1, -0.05) is 23.7 Å². The summed E-state index contributed by atoms with van der Waals surface area (Å²) in [6.07, 6.45) is 0.201. The molecular weight excluding hydrogens is 378 g/mol. The molecule has 8 heteroatoms. The minimum Gasteiger partial charge on any atom is -0.497 e. The summed E-state index contributed by atoms with van der Waals surface area (Å²) in [4.78, 5) is 20.0. The molecule has 4 N–H and O–H groups in total.